The molecule has 0 spiro atoms. The average Bonchev–Trinajstić information content (AvgIpc) is 2.99. The Bertz CT molecular complexity index is 731. The van der Waals surface area contributed by atoms with E-state index in [1.54, 1.807) is 33.9 Å². The third-order valence-corrected chi connectivity index (χ3v) is 4.22. The number of nitrogens with zero attached hydrogens (tertiary/aromatic N) is 1. The van der Waals surface area contributed by atoms with E-state index in [1.807, 2.05) is 6.92 Å². The second-order valence-electron chi connectivity index (χ2n) is 5.61. The molecule has 0 bridgehead atoms. The predicted molar refractivity (Wildman–Crippen MR) is 88.8 cm³/mol. The minimum atomic E-state index is -0.414. The minimum absolute atomic E-state index is 0.206. The van der Waals surface area contributed by atoms with E-state index in [9.17, 15) is 9.59 Å². The Kier molecular flexibility index (Phi) is 5.20. The van der Waals surface area contributed by atoms with Gasteiger partial charge in [0.1, 0.15) is 5.69 Å². The van der Waals surface area contributed by atoms with E-state index in [-0.39, 0.29) is 12.0 Å². The second-order valence-corrected chi connectivity index (χ2v) is 6.93. The zero-order chi connectivity index (χ0) is 17.1. The van der Waals surface area contributed by atoms with E-state index >= 15 is 0 Å². The number of aromatic nitrogens is 2. The molecule has 0 aliphatic heterocycles. The number of hydrogen-bond donors (Lipinski definition) is 2. The van der Waals surface area contributed by atoms with Gasteiger partial charge in [0.05, 0.1) is 23.2 Å². The number of H-pyrrole nitrogens is 1. The Balaban J connectivity index is 2.13. The maximum absolute atomic E-state index is 12.3. The van der Waals surface area contributed by atoms with Crippen LogP contribution in [0.4, 0.5) is 0 Å². The highest BCUT2D eigenvalue weighted by Gasteiger charge is 2.23. The van der Waals surface area contributed by atoms with Crippen LogP contribution in [0.2, 0.25) is 0 Å². The molecule has 0 atom stereocenters. The van der Waals surface area contributed by atoms with Crippen molar-refractivity contribution in [2.24, 2.45) is 0 Å². The second kappa shape index (κ2) is 6.95. The summed E-state index contributed by atoms with van der Waals surface area (Å²) in [6.45, 7) is 9.41. The van der Waals surface area contributed by atoms with Gasteiger partial charge in [0.15, 0.2) is 0 Å². The maximum atomic E-state index is 12.3. The number of esters is 1. The molecular formula is C16H21N3O3S. The van der Waals surface area contributed by atoms with Crippen LogP contribution in [0.5, 0.6) is 0 Å². The molecule has 0 saturated carbocycles. The monoisotopic (exact) mass is 335 g/mol. The summed E-state index contributed by atoms with van der Waals surface area (Å²) < 4.78 is 5.23. The van der Waals surface area contributed by atoms with Gasteiger partial charge in [0, 0.05) is 16.8 Å². The lowest BCUT2D eigenvalue weighted by Crippen LogP contribution is -2.23. The van der Waals surface area contributed by atoms with Crippen LogP contribution >= 0.6 is 11.3 Å². The van der Waals surface area contributed by atoms with Crippen molar-refractivity contribution in [3.63, 3.8) is 0 Å². The first-order valence-electron chi connectivity index (χ1n) is 7.39. The van der Waals surface area contributed by atoms with Crippen LogP contribution in [0.1, 0.15) is 55.8 Å². The molecule has 23 heavy (non-hydrogen) atoms. The van der Waals surface area contributed by atoms with Gasteiger partial charge < -0.3 is 15.0 Å². The molecule has 0 radical (unpaired) electrons. The molecule has 2 N–H and O–H groups in total. The first kappa shape index (κ1) is 17.2. The van der Waals surface area contributed by atoms with E-state index in [1.165, 1.54) is 11.3 Å². The summed E-state index contributed by atoms with van der Waals surface area (Å²) >= 11 is 1.54. The molecule has 124 valence electrons. The van der Waals surface area contributed by atoms with E-state index < -0.39 is 5.97 Å². The summed E-state index contributed by atoms with van der Waals surface area (Å²) in [6.07, 6.45) is 1.54. The lowest BCUT2D eigenvalue weighted by molar-refractivity contribution is 0.0376. The number of hydrogen-bond acceptors (Lipinski definition) is 5. The highest BCUT2D eigenvalue weighted by atomic mass is 32.1. The summed E-state index contributed by atoms with van der Waals surface area (Å²) in [7, 11) is 0. The van der Waals surface area contributed by atoms with Crippen LogP contribution in [-0.4, -0.2) is 27.9 Å². The molecule has 0 aliphatic rings. The first-order chi connectivity index (χ1) is 10.8. The standard InChI is InChI=1S/C16H21N3O3S/c1-8(2)22-16(21)13-9(3)14(19-10(13)4)15(20)18-7-12-6-17-11(5)23-12/h6,8,19H,7H2,1-5H3,(H,18,20). The van der Waals surface area contributed by atoms with Crippen molar-refractivity contribution in [1.82, 2.24) is 15.3 Å². The fourth-order valence-corrected chi connectivity index (χ4v) is 3.03. The molecule has 0 unspecified atom stereocenters. The Morgan fingerprint density at radius 3 is 2.61 bits per heavy atom. The van der Waals surface area contributed by atoms with E-state index in [4.69, 9.17) is 4.74 Å². The van der Waals surface area contributed by atoms with E-state index in [2.05, 4.69) is 15.3 Å². The Labute approximate surface area is 139 Å². The normalized spacial score (nSPS) is 10.9. The van der Waals surface area contributed by atoms with Crippen molar-refractivity contribution in [2.45, 2.75) is 47.3 Å². The molecule has 2 aromatic heterocycles. The fourth-order valence-electron chi connectivity index (χ4n) is 2.30. The van der Waals surface area contributed by atoms with Gasteiger partial charge in [-0.2, -0.15) is 0 Å². The number of ether oxygens (including phenoxy) is 1. The zero-order valence-corrected chi connectivity index (χ0v) is 14.8. The topological polar surface area (TPSA) is 84.1 Å². The van der Waals surface area contributed by atoms with Crippen LogP contribution < -0.4 is 5.32 Å². The molecule has 2 rings (SSSR count). The number of rotatable bonds is 5. The highest BCUT2D eigenvalue weighted by Crippen LogP contribution is 2.20. The third kappa shape index (κ3) is 3.98. The Morgan fingerprint density at radius 1 is 1.35 bits per heavy atom. The van der Waals surface area contributed by atoms with Crippen LogP contribution in [-0.2, 0) is 11.3 Å². The van der Waals surface area contributed by atoms with Gasteiger partial charge in [0.25, 0.3) is 5.91 Å². The van der Waals surface area contributed by atoms with Crippen molar-refractivity contribution >= 4 is 23.2 Å². The number of nitrogens with one attached hydrogen (secondary N) is 2. The van der Waals surface area contributed by atoms with E-state index in [0.717, 1.165) is 9.88 Å². The Hall–Kier alpha value is -2.15. The molecule has 0 aliphatic carbocycles. The van der Waals surface area contributed by atoms with Gasteiger partial charge in [-0.05, 0) is 40.2 Å². The summed E-state index contributed by atoms with van der Waals surface area (Å²) in [5.74, 6) is -0.663. The number of aromatic amines is 1. The molecule has 2 aromatic rings. The number of thiazole rings is 1. The SMILES string of the molecule is Cc1ncc(CNC(=O)c2[nH]c(C)c(C(=O)OC(C)C)c2C)s1. The quantitative estimate of drug-likeness (QED) is 0.823. The maximum Gasteiger partial charge on any atom is 0.340 e. The van der Waals surface area contributed by atoms with E-state index in [0.29, 0.717) is 29.1 Å². The van der Waals surface area contributed by atoms with Gasteiger partial charge >= 0.3 is 5.97 Å². The molecule has 7 heteroatoms. The molecule has 1 amide bonds. The fraction of sp³-hybridized carbons (Fsp3) is 0.438. The Morgan fingerprint density at radius 2 is 2.04 bits per heavy atom. The summed E-state index contributed by atoms with van der Waals surface area (Å²) in [5, 5.41) is 3.80. The van der Waals surface area contributed by atoms with Crippen molar-refractivity contribution in [1.29, 1.82) is 0 Å². The minimum Gasteiger partial charge on any atom is -0.459 e. The van der Waals surface area contributed by atoms with Gasteiger partial charge in [-0.3, -0.25) is 4.79 Å². The number of aryl methyl sites for hydroxylation is 2. The smallest absolute Gasteiger partial charge is 0.340 e. The van der Waals surface area contributed by atoms with Crippen LogP contribution in [0.15, 0.2) is 6.20 Å². The van der Waals surface area contributed by atoms with Crippen molar-refractivity contribution < 1.29 is 14.3 Å². The zero-order valence-electron chi connectivity index (χ0n) is 13.9. The number of amides is 1. The lowest BCUT2D eigenvalue weighted by atomic mass is 10.1. The molecule has 2 heterocycles. The first-order valence-corrected chi connectivity index (χ1v) is 8.21. The van der Waals surface area contributed by atoms with Crippen LogP contribution in [0, 0.1) is 20.8 Å². The lowest BCUT2D eigenvalue weighted by Gasteiger charge is -2.08. The van der Waals surface area contributed by atoms with Gasteiger partial charge in [-0.1, -0.05) is 0 Å². The van der Waals surface area contributed by atoms with Crippen LogP contribution in [0.3, 0.4) is 0 Å². The molecular weight excluding hydrogens is 314 g/mol. The summed E-state index contributed by atoms with van der Waals surface area (Å²) in [6, 6.07) is 0. The molecule has 0 aromatic carbocycles. The van der Waals surface area contributed by atoms with Crippen molar-refractivity contribution in [3.8, 4) is 0 Å². The van der Waals surface area contributed by atoms with Gasteiger partial charge in [0.2, 0.25) is 0 Å². The summed E-state index contributed by atoms with van der Waals surface area (Å²) in [5.41, 5.74) is 2.05. The number of carbonyl (C=O) groups excluding carboxylic acids is 2. The predicted octanol–water partition coefficient (Wildman–Crippen LogP) is 2.89. The molecule has 0 fully saturated rings. The largest absolute Gasteiger partial charge is 0.459 e. The third-order valence-electron chi connectivity index (χ3n) is 3.30. The molecule has 0 saturated heterocycles. The summed E-state index contributed by atoms with van der Waals surface area (Å²) in [4.78, 5) is 32.6. The number of carbonyl (C=O) groups is 2. The van der Waals surface area contributed by atoms with Crippen molar-refractivity contribution in [2.75, 3.05) is 0 Å². The van der Waals surface area contributed by atoms with Crippen molar-refractivity contribution in [3.05, 3.63) is 38.6 Å². The highest BCUT2D eigenvalue weighted by molar-refractivity contribution is 7.11. The van der Waals surface area contributed by atoms with Crippen LogP contribution in [0.25, 0.3) is 0 Å². The van der Waals surface area contributed by atoms with Gasteiger partial charge in [-0.25, -0.2) is 9.78 Å². The molecule has 6 nitrogen and oxygen atoms in total. The van der Waals surface area contributed by atoms with Gasteiger partial charge in [-0.15, -0.1) is 11.3 Å². The average molecular weight is 335 g/mol.